The Morgan fingerprint density at radius 1 is 1.45 bits per heavy atom. The van der Waals surface area contributed by atoms with Crippen LogP contribution in [0.4, 0.5) is 18.9 Å². The molecule has 1 aromatic carbocycles. The van der Waals surface area contributed by atoms with Crippen molar-refractivity contribution in [1.29, 1.82) is 0 Å². The molecule has 1 aliphatic rings. The number of benzene rings is 1. The first-order chi connectivity index (χ1) is 10.1. The average molecular weight is 317 g/mol. The van der Waals surface area contributed by atoms with E-state index in [2.05, 4.69) is 0 Å². The van der Waals surface area contributed by atoms with Crippen LogP contribution >= 0.6 is 0 Å². The molecule has 6 nitrogen and oxygen atoms in total. The van der Waals surface area contributed by atoms with Crippen LogP contribution in [0.2, 0.25) is 0 Å². The van der Waals surface area contributed by atoms with Gasteiger partial charge in [0.25, 0.3) is 5.69 Å². The third-order valence-electron chi connectivity index (χ3n) is 3.65. The Labute approximate surface area is 123 Å². The molecule has 1 saturated heterocycles. The number of hydrogen-bond acceptors (Lipinski definition) is 4. The molecule has 1 amide bonds. The van der Waals surface area contributed by atoms with Gasteiger partial charge >= 0.3 is 6.18 Å². The van der Waals surface area contributed by atoms with E-state index >= 15 is 0 Å². The molecule has 0 spiro atoms. The lowest BCUT2D eigenvalue weighted by molar-refractivity contribution is -0.385. The third kappa shape index (κ3) is 3.19. The number of nitro groups is 1. The van der Waals surface area contributed by atoms with Crippen molar-refractivity contribution in [3.05, 3.63) is 38.9 Å². The molecule has 2 N–H and O–H groups in total. The normalized spacial score (nSPS) is 16.4. The van der Waals surface area contributed by atoms with E-state index in [0.717, 1.165) is 0 Å². The number of primary amides is 1. The Balaban J connectivity index is 2.53. The number of hydrogen-bond donors (Lipinski definition) is 1. The Bertz CT molecular complexity index is 590. The second kappa shape index (κ2) is 5.56. The van der Waals surface area contributed by atoms with Gasteiger partial charge in [-0.2, -0.15) is 13.2 Å². The predicted octanol–water partition coefficient (Wildman–Crippen LogP) is 1.82. The van der Waals surface area contributed by atoms with E-state index in [1.54, 1.807) is 0 Å². The maximum atomic E-state index is 12.8. The standard InChI is InChI=1S/C13H14F3N3O3/c1-18-5-7(6-18)2-9-10(12(17)20)3-8(13(14,15)16)4-11(9)19(21)22/h3-4,7H,2,5-6H2,1H3,(H2,17,20). The summed E-state index contributed by atoms with van der Waals surface area (Å²) in [5, 5.41) is 11.1. The molecule has 1 aromatic rings. The fourth-order valence-electron chi connectivity index (χ4n) is 2.66. The smallest absolute Gasteiger partial charge is 0.366 e. The second-order valence-electron chi connectivity index (χ2n) is 5.43. The molecule has 0 bridgehead atoms. The van der Waals surface area contributed by atoms with Crippen LogP contribution in [-0.4, -0.2) is 35.9 Å². The number of amides is 1. The minimum Gasteiger partial charge on any atom is -0.366 e. The van der Waals surface area contributed by atoms with Gasteiger partial charge in [-0.1, -0.05) is 0 Å². The SMILES string of the molecule is CN1CC(Cc2c(C(N)=O)cc(C(F)(F)F)cc2[N+](=O)[O-])C1. The number of nitrogens with two attached hydrogens (primary N) is 1. The molecule has 0 radical (unpaired) electrons. The fourth-order valence-corrected chi connectivity index (χ4v) is 2.66. The van der Waals surface area contributed by atoms with E-state index < -0.39 is 33.8 Å². The molecule has 0 saturated carbocycles. The quantitative estimate of drug-likeness (QED) is 0.677. The number of carbonyl (C=O) groups excluding carboxylic acids is 1. The minimum absolute atomic E-state index is 0.0244. The molecule has 0 unspecified atom stereocenters. The average Bonchev–Trinajstić information content (AvgIpc) is 2.34. The van der Waals surface area contributed by atoms with Crippen molar-refractivity contribution in [1.82, 2.24) is 4.90 Å². The maximum Gasteiger partial charge on any atom is 0.416 e. The number of rotatable bonds is 4. The Hall–Kier alpha value is -2.16. The van der Waals surface area contributed by atoms with E-state index in [4.69, 9.17) is 5.73 Å². The predicted molar refractivity (Wildman–Crippen MR) is 71.3 cm³/mol. The molecule has 9 heteroatoms. The monoisotopic (exact) mass is 317 g/mol. The van der Waals surface area contributed by atoms with Crippen LogP contribution in [0.3, 0.4) is 0 Å². The largest absolute Gasteiger partial charge is 0.416 e. The highest BCUT2D eigenvalue weighted by Crippen LogP contribution is 2.36. The number of nitro benzene ring substituents is 1. The van der Waals surface area contributed by atoms with Crippen molar-refractivity contribution in [2.75, 3.05) is 20.1 Å². The molecule has 0 atom stereocenters. The van der Waals surface area contributed by atoms with Gasteiger partial charge < -0.3 is 10.6 Å². The molecule has 1 heterocycles. The summed E-state index contributed by atoms with van der Waals surface area (Å²) in [4.78, 5) is 23.6. The zero-order chi connectivity index (χ0) is 16.7. The molecule has 0 aromatic heterocycles. The minimum atomic E-state index is -4.79. The van der Waals surface area contributed by atoms with Crippen molar-refractivity contribution >= 4 is 11.6 Å². The highest BCUT2D eigenvalue weighted by atomic mass is 19.4. The van der Waals surface area contributed by atoms with Gasteiger partial charge in [-0.15, -0.1) is 0 Å². The highest BCUT2D eigenvalue weighted by Gasteiger charge is 2.36. The molecule has 1 aliphatic heterocycles. The topological polar surface area (TPSA) is 89.5 Å². The van der Waals surface area contributed by atoms with Gasteiger partial charge in [0.2, 0.25) is 5.91 Å². The van der Waals surface area contributed by atoms with Gasteiger partial charge in [0.05, 0.1) is 10.5 Å². The van der Waals surface area contributed by atoms with E-state index in [-0.39, 0.29) is 17.9 Å². The number of carbonyl (C=O) groups is 1. The third-order valence-corrected chi connectivity index (χ3v) is 3.65. The van der Waals surface area contributed by atoms with E-state index in [9.17, 15) is 28.1 Å². The van der Waals surface area contributed by atoms with E-state index in [1.165, 1.54) is 0 Å². The van der Waals surface area contributed by atoms with Crippen LogP contribution in [0.5, 0.6) is 0 Å². The molecular formula is C13H14F3N3O3. The van der Waals surface area contributed by atoms with Crippen molar-refractivity contribution in [3.63, 3.8) is 0 Å². The summed E-state index contributed by atoms with van der Waals surface area (Å²) in [5.74, 6) is -1.05. The van der Waals surface area contributed by atoms with E-state index in [1.807, 2.05) is 11.9 Å². The van der Waals surface area contributed by atoms with Crippen LogP contribution in [0.15, 0.2) is 12.1 Å². The van der Waals surface area contributed by atoms with Crippen LogP contribution in [-0.2, 0) is 12.6 Å². The molecule has 1 fully saturated rings. The van der Waals surface area contributed by atoms with Gasteiger partial charge in [-0.3, -0.25) is 14.9 Å². The van der Waals surface area contributed by atoms with E-state index in [0.29, 0.717) is 25.2 Å². The number of likely N-dealkylation sites (tertiary alicyclic amines) is 1. The summed E-state index contributed by atoms with van der Waals surface area (Å²) in [6, 6.07) is 1.05. The summed E-state index contributed by atoms with van der Waals surface area (Å²) in [7, 11) is 1.85. The Morgan fingerprint density at radius 2 is 2.05 bits per heavy atom. The van der Waals surface area contributed by atoms with Crippen molar-refractivity contribution < 1.29 is 22.9 Å². The van der Waals surface area contributed by atoms with Crippen LogP contribution in [0.1, 0.15) is 21.5 Å². The number of nitrogens with zero attached hydrogens (tertiary/aromatic N) is 2. The van der Waals surface area contributed by atoms with Crippen LogP contribution < -0.4 is 5.73 Å². The van der Waals surface area contributed by atoms with Gasteiger partial charge in [-0.05, 0) is 25.5 Å². The van der Waals surface area contributed by atoms with Gasteiger partial charge in [0.1, 0.15) is 0 Å². The summed E-state index contributed by atoms with van der Waals surface area (Å²) in [5.41, 5.74) is 2.70. The Kier molecular flexibility index (Phi) is 4.10. The molecular weight excluding hydrogens is 303 g/mol. The second-order valence-corrected chi connectivity index (χ2v) is 5.43. The molecule has 2 rings (SSSR count). The van der Waals surface area contributed by atoms with Crippen molar-refractivity contribution in [3.8, 4) is 0 Å². The molecule has 0 aliphatic carbocycles. The first-order valence-corrected chi connectivity index (χ1v) is 6.46. The van der Waals surface area contributed by atoms with Gasteiger partial charge in [0, 0.05) is 30.3 Å². The molecule has 120 valence electrons. The van der Waals surface area contributed by atoms with Gasteiger partial charge in [-0.25, -0.2) is 0 Å². The number of alkyl halides is 3. The Morgan fingerprint density at radius 3 is 2.45 bits per heavy atom. The summed E-state index contributed by atoms with van der Waals surface area (Å²) in [6.45, 7) is 1.33. The van der Waals surface area contributed by atoms with Gasteiger partial charge in [0.15, 0.2) is 0 Å². The zero-order valence-corrected chi connectivity index (χ0v) is 11.7. The van der Waals surface area contributed by atoms with Crippen molar-refractivity contribution in [2.24, 2.45) is 11.7 Å². The van der Waals surface area contributed by atoms with Crippen LogP contribution in [0.25, 0.3) is 0 Å². The summed E-state index contributed by atoms with van der Waals surface area (Å²) >= 11 is 0. The summed E-state index contributed by atoms with van der Waals surface area (Å²) < 4.78 is 38.4. The zero-order valence-electron chi connectivity index (χ0n) is 11.7. The first kappa shape index (κ1) is 16.2. The highest BCUT2D eigenvalue weighted by molar-refractivity contribution is 5.95. The lowest BCUT2D eigenvalue weighted by Crippen LogP contribution is -2.44. The summed E-state index contributed by atoms with van der Waals surface area (Å²) in [6.07, 6.45) is -4.64. The van der Waals surface area contributed by atoms with Crippen molar-refractivity contribution in [2.45, 2.75) is 12.6 Å². The molecule has 22 heavy (non-hydrogen) atoms. The maximum absolute atomic E-state index is 12.8. The lowest BCUT2D eigenvalue weighted by atomic mass is 9.88. The first-order valence-electron chi connectivity index (χ1n) is 6.46. The fraction of sp³-hybridized carbons (Fsp3) is 0.462. The number of halogens is 3. The van der Waals surface area contributed by atoms with Crippen LogP contribution in [0, 0.1) is 16.0 Å². The lowest BCUT2D eigenvalue weighted by Gasteiger charge is -2.36.